The summed E-state index contributed by atoms with van der Waals surface area (Å²) >= 11 is 1.22. The van der Waals surface area contributed by atoms with Crippen molar-refractivity contribution in [2.45, 2.75) is 0 Å². The Kier molecular flexibility index (Phi) is 4.69. The lowest BCUT2D eigenvalue weighted by Gasteiger charge is -1.94. The van der Waals surface area contributed by atoms with Crippen molar-refractivity contribution in [1.82, 2.24) is 0 Å². The fourth-order valence-electron chi connectivity index (χ4n) is 0.305. The van der Waals surface area contributed by atoms with Gasteiger partial charge in [0, 0.05) is 12.3 Å². The van der Waals surface area contributed by atoms with E-state index in [0.29, 0.717) is 12.3 Å². The number of guanidine groups is 1. The maximum atomic E-state index is 7.08. The molecular weight excluding hydrogens is 150 g/mol. The highest BCUT2D eigenvalue weighted by molar-refractivity contribution is 8.13. The van der Waals surface area contributed by atoms with Gasteiger partial charge < -0.3 is 17.2 Å². The highest BCUT2D eigenvalue weighted by Gasteiger charge is 1.92. The molecule has 0 saturated carbocycles. The van der Waals surface area contributed by atoms with Gasteiger partial charge in [-0.1, -0.05) is 11.8 Å². The molecule has 0 rings (SSSR count). The van der Waals surface area contributed by atoms with Crippen LogP contribution in [0.4, 0.5) is 0 Å². The molecule has 0 saturated heterocycles. The number of aliphatic imine (C=N–C) groups is 1. The molecule has 0 aliphatic carbocycles. The number of thioether (sulfide) groups is 1. The second-order valence-electron chi connectivity index (χ2n) is 1.48. The van der Waals surface area contributed by atoms with E-state index in [9.17, 15) is 0 Å². The Bertz CT molecular complexity index is 139. The molecule has 0 aromatic carbocycles. The van der Waals surface area contributed by atoms with Crippen LogP contribution in [-0.2, 0) is 0 Å². The molecule has 0 spiro atoms. The molecule has 0 aromatic rings. The minimum atomic E-state index is -0.0884. The third kappa shape index (κ3) is 5.39. The van der Waals surface area contributed by atoms with Gasteiger partial charge in [0.15, 0.2) is 11.1 Å². The van der Waals surface area contributed by atoms with Gasteiger partial charge in [-0.15, -0.1) is 0 Å². The van der Waals surface area contributed by atoms with Gasteiger partial charge in [0.2, 0.25) is 0 Å². The highest BCUT2D eigenvalue weighted by atomic mass is 32.2. The average Bonchev–Trinajstić information content (AvgIpc) is 1.82. The summed E-state index contributed by atoms with van der Waals surface area (Å²) in [4.78, 5) is 3.48. The van der Waals surface area contributed by atoms with Gasteiger partial charge in [0.05, 0.1) is 0 Å². The third-order valence-corrected chi connectivity index (χ3v) is 1.39. The van der Waals surface area contributed by atoms with Gasteiger partial charge in [-0.25, -0.2) is 0 Å². The minimum Gasteiger partial charge on any atom is -0.370 e. The standard InChI is InChI=1S/C4H11N5S/c5-1-2-10-4(8)9-3(6)7/h1-2,5H2,(H5,6,7,8,9). The topological polar surface area (TPSA) is 114 Å². The highest BCUT2D eigenvalue weighted by Crippen LogP contribution is 2.00. The van der Waals surface area contributed by atoms with Crippen molar-refractivity contribution in [2.75, 3.05) is 12.3 Å². The number of rotatable bonds is 2. The molecule has 6 heteroatoms. The predicted octanol–water partition coefficient (Wildman–Crippen LogP) is -1.11. The SMILES string of the molecule is N=C(N=C(N)N)SCCN. The molecular formula is C4H11N5S. The molecule has 0 fully saturated rings. The van der Waals surface area contributed by atoms with E-state index in [-0.39, 0.29) is 11.1 Å². The Morgan fingerprint density at radius 2 is 2.10 bits per heavy atom. The van der Waals surface area contributed by atoms with Crippen molar-refractivity contribution in [3.05, 3.63) is 0 Å². The van der Waals surface area contributed by atoms with Crippen molar-refractivity contribution < 1.29 is 0 Å². The van der Waals surface area contributed by atoms with Crippen LogP contribution in [0, 0.1) is 5.41 Å². The van der Waals surface area contributed by atoms with E-state index in [0.717, 1.165) is 0 Å². The maximum Gasteiger partial charge on any atom is 0.193 e. The van der Waals surface area contributed by atoms with E-state index in [2.05, 4.69) is 4.99 Å². The summed E-state index contributed by atoms with van der Waals surface area (Å²) in [5.41, 5.74) is 15.2. The summed E-state index contributed by atoms with van der Waals surface area (Å²) in [6.07, 6.45) is 0. The quantitative estimate of drug-likeness (QED) is 0.303. The fraction of sp³-hybridized carbons (Fsp3) is 0.500. The Labute approximate surface area is 63.6 Å². The van der Waals surface area contributed by atoms with Crippen molar-refractivity contribution in [1.29, 1.82) is 5.41 Å². The molecule has 0 unspecified atom stereocenters. The van der Waals surface area contributed by atoms with Crippen LogP contribution in [0.5, 0.6) is 0 Å². The molecule has 10 heavy (non-hydrogen) atoms. The summed E-state index contributed by atoms with van der Waals surface area (Å²) in [7, 11) is 0. The summed E-state index contributed by atoms with van der Waals surface area (Å²) < 4.78 is 0. The van der Waals surface area contributed by atoms with E-state index in [1.165, 1.54) is 11.8 Å². The average molecular weight is 161 g/mol. The molecule has 0 atom stereocenters. The van der Waals surface area contributed by atoms with Gasteiger partial charge in [-0.05, 0) is 0 Å². The van der Waals surface area contributed by atoms with Crippen molar-refractivity contribution >= 4 is 22.9 Å². The van der Waals surface area contributed by atoms with Crippen LogP contribution in [0.3, 0.4) is 0 Å². The zero-order valence-electron chi connectivity index (χ0n) is 5.50. The van der Waals surface area contributed by atoms with Crippen LogP contribution in [0.25, 0.3) is 0 Å². The molecule has 0 radical (unpaired) electrons. The Hall–Kier alpha value is -0.750. The molecule has 0 heterocycles. The van der Waals surface area contributed by atoms with Crippen LogP contribution in [-0.4, -0.2) is 23.4 Å². The molecule has 58 valence electrons. The smallest absolute Gasteiger partial charge is 0.193 e. The van der Waals surface area contributed by atoms with Crippen LogP contribution < -0.4 is 17.2 Å². The molecule has 5 nitrogen and oxygen atoms in total. The summed E-state index contributed by atoms with van der Waals surface area (Å²) in [6, 6.07) is 0. The lowest BCUT2D eigenvalue weighted by molar-refractivity contribution is 1.15. The Morgan fingerprint density at radius 1 is 1.50 bits per heavy atom. The molecule has 0 bridgehead atoms. The lowest BCUT2D eigenvalue weighted by atomic mass is 10.8. The van der Waals surface area contributed by atoms with Crippen LogP contribution >= 0.6 is 11.8 Å². The van der Waals surface area contributed by atoms with Crippen LogP contribution in [0.2, 0.25) is 0 Å². The number of nitrogens with two attached hydrogens (primary N) is 3. The summed E-state index contributed by atoms with van der Waals surface area (Å²) in [5.74, 6) is 0.574. The molecule has 0 amide bonds. The van der Waals surface area contributed by atoms with E-state index < -0.39 is 0 Å². The largest absolute Gasteiger partial charge is 0.370 e. The zero-order valence-corrected chi connectivity index (χ0v) is 6.32. The van der Waals surface area contributed by atoms with Crippen molar-refractivity contribution in [2.24, 2.45) is 22.2 Å². The Morgan fingerprint density at radius 3 is 2.50 bits per heavy atom. The first-order valence-corrected chi connectivity index (χ1v) is 3.66. The van der Waals surface area contributed by atoms with Gasteiger partial charge >= 0.3 is 0 Å². The summed E-state index contributed by atoms with van der Waals surface area (Å²) in [5, 5.41) is 7.18. The minimum absolute atomic E-state index is 0.0884. The van der Waals surface area contributed by atoms with Gasteiger partial charge in [-0.2, -0.15) is 4.99 Å². The second kappa shape index (κ2) is 5.07. The van der Waals surface area contributed by atoms with Gasteiger partial charge in [-0.3, -0.25) is 5.41 Å². The van der Waals surface area contributed by atoms with Crippen molar-refractivity contribution in [3.8, 4) is 0 Å². The number of nitrogens with zero attached hydrogens (tertiary/aromatic N) is 1. The van der Waals surface area contributed by atoms with Gasteiger partial charge in [0.25, 0.3) is 0 Å². The van der Waals surface area contributed by atoms with Gasteiger partial charge in [0.1, 0.15) is 0 Å². The molecule has 0 aliphatic heterocycles. The third-order valence-electron chi connectivity index (χ3n) is 0.587. The Balaban J connectivity index is 3.54. The second-order valence-corrected chi connectivity index (χ2v) is 2.56. The molecule has 0 aromatic heterocycles. The molecule has 7 N–H and O–H groups in total. The van der Waals surface area contributed by atoms with E-state index in [4.69, 9.17) is 22.6 Å². The lowest BCUT2D eigenvalue weighted by Crippen LogP contribution is -2.23. The number of nitrogens with one attached hydrogen (secondary N) is 1. The first-order valence-electron chi connectivity index (χ1n) is 2.68. The number of hydrogen-bond acceptors (Lipinski definition) is 3. The summed E-state index contributed by atoms with van der Waals surface area (Å²) in [6.45, 7) is 0.521. The first kappa shape index (κ1) is 9.25. The first-order chi connectivity index (χ1) is 4.66. The zero-order chi connectivity index (χ0) is 7.98. The maximum absolute atomic E-state index is 7.08. The predicted molar refractivity (Wildman–Crippen MR) is 45.0 cm³/mol. The van der Waals surface area contributed by atoms with Crippen LogP contribution in [0.1, 0.15) is 0 Å². The van der Waals surface area contributed by atoms with E-state index in [1.807, 2.05) is 0 Å². The normalized spacial score (nSPS) is 8.90. The number of amidine groups is 1. The fourth-order valence-corrected chi connectivity index (χ4v) is 0.786. The molecule has 0 aliphatic rings. The number of hydrogen-bond donors (Lipinski definition) is 4. The van der Waals surface area contributed by atoms with E-state index in [1.54, 1.807) is 0 Å². The van der Waals surface area contributed by atoms with E-state index >= 15 is 0 Å². The monoisotopic (exact) mass is 161 g/mol. The van der Waals surface area contributed by atoms with Crippen LogP contribution in [0.15, 0.2) is 4.99 Å². The van der Waals surface area contributed by atoms with Crippen molar-refractivity contribution in [3.63, 3.8) is 0 Å².